The fourth-order valence-corrected chi connectivity index (χ4v) is 2.67. The average Bonchev–Trinajstić information content (AvgIpc) is 2.62. The Labute approximate surface area is 148 Å². The zero-order valence-electron chi connectivity index (χ0n) is 13.0. The smallest absolute Gasteiger partial charge is 0.271 e. The maximum atomic E-state index is 12.1. The van der Waals surface area contributed by atoms with Gasteiger partial charge in [0.05, 0.1) is 13.3 Å². The van der Waals surface area contributed by atoms with E-state index in [2.05, 4.69) is 26.5 Å². The number of nitrogens with one attached hydrogen (secondary N) is 1. The first kappa shape index (κ1) is 16.2. The molecule has 0 aliphatic heterocycles. The minimum absolute atomic E-state index is 0.266. The minimum atomic E-state index is -0.266. The number of amides is 1. The predicted molar refractivity (Wildman–Crippen MR) is 99.7 cm³/mol. The van der Waals surface area contributed by atoms with Gasteiger partial charge in [0.15, 0.2) is 0 Å². The van der Waals surface area contributed by atoms with E-state index in [9.17, 15) is 4.79 Å². The van der Waals surface area contributed by atoms with E-state index < -0.39 is 0 Å². The Bertz CT molecular complexity index is 905. The van der Waals surface area contributed by atoms with E-state index in [1.54, 1.807) is 25.5 Å². The van der Waals surface area contributed by atoms with Gasteiger partial charge in [-0.2, -0.15) is 5.10 Å². The van der Waals surface area contributed by atoms with Crippen molar-refractivity contribution in [2.45, 2.75) is 0 Å². The molecule has 0 atom stereocenters. The molecule has 0 aliphatic carbocycles. The molecule has 3 aromatic rings. The molecule has 0 saturated heterocycles. The first-order chi connectivity index (χ1) is 11.7. The Morgan fingerprint density at radius 1 is 1.08 bits per heavy atom. The molecule has 120 valence electrons. The van der Waals surface area contributed by atoms with Crippen LogP contribution in [0.25, 0.3) is 10.8 Å². The molecule has 0 saturated carbocycles. The van der Waals surface area contributed by atoms with Crippen molar-refractivity contribution < 1.29 is 9.53 Å². The SMILES string of the molecule is COc1ccc2ccccc2c1/C=N/NC(=O)c1ccc(Br)cc1. The van der Waals surface area contributed by atoms with Crippen molar-refractivity contribution in [2.24, 2.45) is 5.10 Å². The number of hydrazone groups is 1. The highest BCUT2D eigenvalue weighted by Crippen LogP contribution is 2.26. The molecule has 0 fully saturated rings. The number of hydrogen-bond donors (Lipinski definition) is 1. The first-order valence-corrected chi connectivity index (χ1v) is 8.13. The van der Waals surface area contributed by atoms with Crippen LogP contribution in [0.15, 0.2) is 70.2 Å². The van der Waals surface area contributed by atoms with Gasteiger partial charge in [0.25, 0.3) is 5.91 Å². The van der Waals surface area contributed by atoms with Gasteiger partial charge in [0.1, 0.15) is 5.75 Å². The van der Waals surface area contributed by atoms with Crippen LogP contribution in [0.1, 0.15) is 15.9 Å². The zero-order valence-corrected chi connectivity index (χ0v) is 14.6. The monoisotopic (exact) mass is 382 g/mol. The molecule has 0 aliphatic rings. The number of carbonyl (C=O) groups excluding carboxylic acids is 1. The van der Waals surface area contributed by atoms with Crippen molar-refractivity contribution in [2.75, 3.05) is 7.11 Å². The fraction of sp³-hybridized carbons (Fsp3) is 0.0526. The Morgan fingerprint density at radius 3 is 2.58 bits per heavy atom. The summed E-state index contributed by atoms with van der Waals surface area (Å²) in [5.41, 5.74) is 3.91. The molecular formula is C19H15BrN2O2. The number of nitrogens with zero attached hydrogens (tertiary/aromatic N) is 1. The number of ether oxygens (including phenoxy) is 1. The zero-order chi connectivity index (χ0) is 16.9. The summed E-state index contributed by atoms with van der Waals surface area (Å²) in [7, 11) is 1.61. The lowest BCUT2D eigenvalue weighted by molar-refractivity contribution is 0.0955. The largest absolute Gasteiger partial charge is 0.496 e. The molecule has 3 rings (SSSR count). The molecule has 3 aromatic carbocycles. The summed E-state index contributed by atoms with van der Waals surface area (Å²) in [5, 5.41) is 6.18. The summed E-state index contributed by atoms with van der Waals surface area (Å²) in [4.78, 5) is 12.1. The molecule has 0 aromatic heterocycles. The van der Waals surface area contributed by atoms with E-state index in [-0.39, 0.29) is 5.91 Å². The van der Waals surface area contributed by atoms with Crippen molar-refractivity contribution in [3.8, 4) is 5.75 Å². The minimum Gasteiger partial charge on any atom is -0.496 e. The molecular weight excluding hydrogens is 368 g/mol. The van der Waals surface area contributed by atoms with Gasteiger partial charge in [-0.15, -0.1) is 0 Å². The number of carbonyl (C=O) groups is 1. The third-order valence-corrected chi connectivity index (χ3v) is 4.15. The van der Waals surface area contributed by atoms with E-state index in [1.165, 1.54) is 0 Å². The van der Waals surface area contributed by atoms with E-state index in [0.717, 1.165) is 20.8 Å². The van der Waals surface area contributed by atoms with E-state index in [1.807, 2.05) is 48.5 Å². The van der Waals surface area contributed by atoms with Crippen LogP contribution in [-0.2, 0) is 0 Å². The van der Waals surface area contributed by atoms with Crippen molar-refractivity contribution in [1.82, 2.24) is 5.43 Å². The van der Waals surface area contributed by atoms with Gasteiger partial charge in [0.2, 0.25) is 0 Å². The van der Waals surface area contributed by atoms with E-state index >= 15 is 0 Å². The van der Waals surface area contributed by atoms with Crippen LogP contribution in [0, 0.1) is 0 Å². The number of methoxy groups -OCH3 is 1. The maximum Gasteiger partial charge on any atom is 0.271 e. The Balaban J connectivity index is 1.85. The highest BCUT2D eigenvalue weighted by Gasteiger charge is 2.07. The standard InChI is InChI=1S/C19H15BrN2O2/c1-24-18-11-8-13-4-2-3-5-16(13)17(18)12-21-22-19(23)14-6-9-15(20)10-7-14/h2-12H,1H3,(H,22,23)/b21-12+. The highest BCUT2D eigenvalue weighted by molar-refractivity contribution is 9.10. The van der Waals surface area contributed by atoms with Gasteiger partial charge in [-0.1, -0.05) is 46.3 Å². The quantitative estimate of drug-likeness (QED) is 0.537. The molecule has 0 unspecified atom stereocenters. The second-order valence-electron chi connectivity index (χ2n) is 5.11. The number of benzene rings is 3. The highest BCUT2D eigenvalue weighted by atomic mass is 79.9. The molecule has 0 heterocycles. The molecule has 5 heteroatoms. The van der Waals surface area contributed by atoms with Crippen LogP contribution < -0.4 is 10.2 Å². The van der Waals surface area contributed by atoms with Crippen molar-refractivity contribution >= 4 is 38.8 Å². The van der Waals surface area contributed by atoms with Gasteiger partial charge >= 0.3 is 0 Å². The van der Waals surface area contributed by atoms with Crippen LogP contribution in [0.4, 0.5) is 0 Å². The molecule has 24 heavy (non-hydrogen) atoms. The predicted octanol–water partition coefficient (Wildman–Crippen LogP) is 4.37. The summed E-state index contributed by atoms with van der Waals surface area (Å²) >= 11 is 3.34. The summed E-state index contributed by atoms with van der Waals surface area (Å²) < 4.78 is 6.32. The van der Waals surface area contributed by atoms with Gasteiger partial charge in [-0.3, -0.25) is 4.79 Å². The van der Waals surface area contributed by atoms with Crippen LogP contribution in [0.5, 0.6) is 5.75 Å². The lowest BCUT2D eigenvalue weighted by Crippen LogP contribution is -2.17. The molecule has 4 nitrogen and oxygen atoms in total. The molecule has 0 spiro atoms. The van der Waals surface area contributed by atoms with Crippen molar-refractivity contribution in [1.29, 1.82) is 0 Å². The van der Waals surface area contributed by atoms with Crippen LogP contribution in [-0.4, -0.2) is 19.2 Å². The average molecular weight is 383 g/mol. The van der Waals surface area contributed by atoms with Crippen molar-refractivity contribution in [3.05, 3.63) is 76.3 Å². The second kappa shape index (κ2) is 7.27. The van der Waals surface area contributed by atoms with E-state index in [4.69, 9.17) is 4.74 Å². The third-order valence-electron chi connectivity index (χ3n) is 3.62. The fourth-order valence-electron chi connectivity index (χ4n) is 2.41. The topological polar surface area (TPSA) is 50.7 Å². The van der Waals surface area contributed by atoms with E-state index in [0.29, 0.717) is 11.3 Å². The molecule has 0 radical (unpaired) electrons. The Kier molecular flexibility index (Phi) is 4.91. The summed E-state index contributed by atoms with van der Waals surface area (Å²) in [6.45, 7) is 0. The van der Waals surface area contributed by atoms with Gasteiger partial charge in [-0.05, 0) is 41.1 Å². The summed E-state index contributed by atoms with van der Waals surface area (Å²) in [6, 6.07) is 18.9. The number of rotatable bonds is 4. The molecule has 0 bridgehead atoms. The number of hydrogen-bond acceptors (Lipinski definition) is 3. The molecule has 1 amide bonds. The lowest BCUT2D eigenvalue weighted by atomic mass is 10.0. The van der Waals surface area contributed by atoms with Gasteiger partial charge in [-0.25, -0.2) is 5.43 Å². The second-order valence-corrected chi connectivity index (χ2v) is 6.02. The Hall–Kier alpha value is -2.66. The Morgan fingerprint density at radius 2 is 1.83 bits per heavy atom. The summed E-state index contributed by atoms with van der Waals surface area (Å²) in [6.07, 6.45) is 1.61. The van der Waals surface area contributed by atoms with Crippen LogP contribution in [0.3, 0.4) is 0 Å². The van der Waals surface area contributed by atoms with Gasteiger partial charge in [0, 0.05) is 15.6 Å². The third kappa shape index (κ3) is 3.46. The first-order valence-electron chi connectivity index (χ1n) is 7.34. The molecule has 1 N–H and O–H groups in total. The van der Waals surface area contributed by atoms with Gasteiger partial charge < -0.3 is 4.74 Å². The number of halogens is 1. The van der Waals surface area contributed by atoms with Crippen LogP contribution in [0.2, 0.25) is 0 Å². The number of fused-ring (bicyclic) bond motifs is 1. The summed E-state index contributed by atoms with van der Waals surface area (Å²) in [5.74, 6) is 0.438. The maximum absolute atomic E-state index is 12.1. The normalized spacial score (nSPS) is 10.9. The van der Waals surface area contributed by atoms with Crippen LogP contribution >= 0.6 is 15.9 Å². The van der Waals surface area contributed by atoms with Crippen molar-refractivity contribution in [3.63, 3.8) is 0 Å². The lowest BCUT2D eigenvalue weighted by Gasteiger charge is -2.08.